The van der Waals surface area contributed by atoms with Gasteiger partial charge in [0.2, 0.25) is 17.6 Å². The number of nitrogens with zero attached hydrogens (tertiary/aromatic N) is 2. The molecule has 0 radical (unpaired) electrons. The maximum Gasteiger partial charge on any atom is 0.227 e. The Morgan fingerprint density at radius 1 is 1.06 bits per heavy atom. The van der Waals surface area contributed by atoms with Gasteiger partial charge in [-0.15, -0.1) is 0 Å². The van der Waals surface area contributed by atoms with Gasteiger partial charge < -0.3 is 14.6 Å². The van der Waals surface area contributed by atoms with Crippen LogP contribution in [0.1, 0.15) is 23.4 Å². The van der Waals surface area contributed by atoms with Gasteiger partial charge in [-0.2, -0.15) is 4.98 Å². The van der Waals surface area contributed by atoms with E-state index in [1.807, 2.05) is 36.4 Å². The number of rotatable bonds is 8. The summed E-state index contributed by atoms with van der Waals surface area (Å²) in [6, 6.07) is 21.5. The molecule has 0 unspecified atom stereocenters. The first-order valence-electron chi connectivity index (χ1n) is 10.2. The van der Waals surface area contributed by atoms with Gasteiger partial charge in [-0.25, -0.2) is 4.39 Å². The molecule has 0 atom stereocenters. The van der Waals surface area contributed by atoms with Gasteiger partial charge >= 0.3 is 0 Å². The van der Waals surface area contributed by atoms with E-state index in [9.17, 15) is 9.18 Å². The second-order valence-corrected chi connectivity index (χ2v) is 7.26. The number of carbonyl (C=O) groups is 1. The predicted molar refractivity (Wildman–Crippen MR) is 119 cm³/mol. The summed E-state index contributed by atoms with van der Waals surface area (Å²) in [6.45, 7) is 0. The third-order valence-corrected chi connectivity index (χ3v) is 4.94. The molecule has 0 saturated carbocycles. The zero-order valence-corrected chi connectivity index (χ0v) is 17.5. The van der Waals surface area contributed by atoms with E-state index in [1.54, 1.807) is 19.2 Å². The molecule has 0 aliphatic rings. The fourth-order valence-corrected chi connectivity index (χ4v) is 3.33. The molecule has 4 rings (SSSR count). The number of halogens is 1. The first-order chi connectivity index (χ1) is 15.6. The van der Waals surface area contributed by atoms with Crippen molar-refractivity contribution >= 4 is 11.6 Å². The number of benzene rings is 3. The van der Waals surface area contributed by atoms with E-state index in [4.69, 9.17) is 9.26 Å². The molecule has 32 heavy (non-hydrogen) atoms. The number of aryl methyl sites for hydroxylation is 1. The molecular weight excluding hydrogens is 409 g/mol. The number of anilines is 1. The molecule has 0 aliphatic carbocycles. The van der Waals surface area contributed by atoms with Crippen LogP contribution in [-0.2, 0) is 17.6 Å². The van der Waals surface area contributed by atoms with Crippen molar-refractivity contribution in [2.45, 2.75) is 19.3 Å². The third-order valence-electron chi connectivity index (χ3n) is 4.94. The summed E-state index contributed by atoms with van der Waals surface area (Å²) in [4.78, 5) is 16.7. The monoisotopic (exact) mass is 431 g/mol. The lowest BCUT2D eigenvalue weighted by molar-refractivity contribution is -0.116. The molecule has 0 spiro atoms. The standard InChI is InChI=1S/C25H22FN3O3/c1-31-22-12-11-21(16-19(22)15-17-5-3-2-4-6-17)27-23(30)13-14-24-28-25(29-32-24)18-7-9-20(26)10-8-18/h2-12,16H,13-15H2,1H3,(H,27,30). The van der Waals surface area contributed by atoms with Gasteiger partial charge in [0.1, 0.15) is 11.6 Å². The van der Waals surface area contributed by atoms with Crippen LogP contribution in [-0.4, -0.2) is 23.2 Å². The summed E-state index contributed by atoms with van der Waals surface area (Å²) in [5.74, 6) is 0.980. The Bertz CT molecular complexity index is 1190. The predicted octanol–water partition coefficient (Wildman–Crippen LogP) is 5.05. The van der Waals surface area contributed by atoms with Gasteiger partial charge in [-0.05, 0) is 48.0 Å². The largest absolute Gasteiger partial charge is 0.496 e. The third kappa shape index (κ3) is 5.37. The minimum atomic E-state index is -0.334. The van der Waals surface area contributed by atoms with Gasteiger partial charge in [0, 0.05) is 36.1 Å². The van der Waals surface area contributed by atoms with Gasteiger partial charge in [0.05, 0.1) is 7.11 Å². The van der Waals surface area contributed by atoms with E-state index in [2.05, 4.69) is 27.6 Å². The Morgan fingerprint density at radius 3 is 2.59 bits per heavy atom. The normalized spacial score (nSPS) is 10.7. The number of aromatic nitrogens is 2. The highest BCUT2D eigenvalue weighted by Gasteiger charge is 2.12. The lowest BCUT2D eigenvalue weighted by atomic mass is 10.0. The Balaban J connectivity index is 1.37. The molecule has 4 aromatic rings. The number of carbonyl (C=O) groups excluding carboxylic acids is 1. The van der Waals surface area contributed by atoms with E-state index in [0.717, 1.165) is 16.9 Å². The Kier molecular flexibility index (Phi) is 6.55. The molecule has 7 heteroatoms. The van der Waals surface area contributed by atoms with Crippen molar-refractivity contribution in [3.63, 3.8) is 0 Å². The average Bonchev–Trinajstić information content (AvgIpc) is 3.28. The van der Waals surface area contributed by atoms with Crippen LogP contribution in [0.25, 0.3) is 11.4 Å². The first kappa shape index (κ1) is 21.2. The highest BCUT2D eigenvalue weighted by atomic mass is 19.1. The van der Waals surface area contributed by atoms with Crippen LogP contribution in [0.5, 0.6) is 5.75 Å². The van der Waals surface area contributed by atoms with Crippen LogP contribution >= 0.6 is 0 Å². The summed E-state index contributed by atoms with van der Waals surface area (Å²) in [5, 5.41) is 6.80. The number of amides is 1. The van der Waals surface area contributed by atoms with Gasteiger partial charge in [0.25, 0.3) is 0 Å². The van der Waals surface area contributed by atoms with Gasteiger partial charge in [0.15, 0.2) is 0 Å². The van der Waals surface area contributed by atoms with Crippen LogP contribution < -0.4 is 10.1 Å². The molecule has 6 nitrogen and oxygen atoms in total. The van der Waals surface area contributed by atoms with E-state index < -0.39 is 0 Å². The first-order valence-corrected chi connectivity index (χ1v) is 10.2. The lowest BCUT2D eigenvalue weighted by Gasteiger charge is -2.12. The lowest BCUT2D eigenvalue weighted by Crippen LogP contribution is -2.12. The molecule has 1 heterocycles. The van der Waals surface area contributed by atoms with Crippen LogP contribution in [0, 0.1) is 5.82 Å². The second-order valence-electron chi connectivity index (χ2n) is 7.26. The van der Waals surface area contributed by atoms with Crippen molar-refractivity contribution < 1.29 is 18.4 Å². The smallest absolute Gasteiger partial charge is 0.227 e. The van der Waals surface area contributed by atoms with E-state index >= 15 is 0 Å². The molecular formula is C25H22FN3O3. The van der Waals surface area contributed by atoms with E-state index in [1.165, 1.54) is 12.1 Å². The van der Waals surface area contributed by atoms with Crippen LogP contribution in [0.15, 0.2) is 77.3 Å². The number of methoxy groups -OCH3 is 1. The molecule has 0 bridgehead atoms. The van der Waals surface area contributed by atoms with Crippen molar-refractivity contribution in [1.29, 1.82) is 0 Å². The van der Waals surface area contributed by atoms with Gasteiger partial charge in [-0.3, -0.25) is 4.79 Å². The zero-order chi connectivity index (χ0) is 22.3. The molecule has 0 fully saturated rings. The number of nitrogens with one attached hydrogen (secondary N) is 1. The van der Waals surface area contributed by atoms with Gasteiger partial charge in [-0.1, -0.05) is 35.5 Å². The highest BCUT2D eigenvalue weighted by Crippen LogP contribution is 2.25. The SMILES string of the molecule is COc1ccc(NC(=O)CCc2nc(-c3ccc(F)cc3)no2)cc1Cc1ccccc1. The molecule has 1 N–H and O–H groups in total. The van der Waals surface area contributed by atoms with Crippen LogP contribution in [0.3, 0.4) is 0 Å². The molecule has 162 valence electrons. The number of hydrogen-bond donors (Lipinski definition) is 1. The van der Waals surface area contributed by atoms with Crippen molar-refractivity contribution in [2.24, 2.45) is 0 Å². The minimum absolute atomic E-state index is 0.164. The summed E-state index contributed by atoms with van der Waals surface area (Å²) >= 11 is 0. The number of ether oxygens (including phenoxy) is 1. The Labute approximate surface area is 185 Å². The molecule has 1 aromatic heterocycles. The van der Waals surface area contributed by atoms with Crippen molar-refractivity contribution in [1.82, 2.24) is 10.1 Å². The second kappa shape index (κ2) is 9.87. The highest BCUT2D eigenvalue weighted by molar-refractivity contribution is 5.91. The van der Waals surface area contributed by atoms with Crippen molar-refractivity contribution in [3.05, 3.63) is 95.6 Å². The molecule has 0 saturated heterocycles. The number of hydrogen-bond acceptors (Lipinski definition) is 5. The van der Waals surface area contributed by atoms with Crippen LogP contribution in [0.4, 0.5) is 10.1 Å². The van der Waals surface area contributed by atoms with Crippen molar-refractivity contribution in [3.8, 4) is 17.1 Å². The topological polar surface area (TPSA) is 77.2 Å². The fourth-order valence-electron chi connectivity index (χ4n) is 3.33. The minimum Gasteiger partial charge on any atom is -0.496 e. The maximum absolute atomic E-state index is 13.1. The Hall–Kier alpha value is -4.00. The van der Waals surface area contributed by atoms with E-state index in [0.29, 0.717) is 35.8 Å². The summed E-state index contributed by atoms with van der Waals surface area (Å²) < 4.78 is 23.7. The van der Waals surface area contributed by atoms with E-state index in [-0.39, 0.29) is 18.1 Å². The molecule has 1 amide bonds. The summed E-state index contributed by atoms with van der Waals surface area (Å²) in [5.41, 5.74) is 3.48. The average molecular weight is 431 g/mol. The zero-order valence-electron chi connectivity index (χ0n) is 17.5. The summed E-state index contributed by atoms with van der Waals surface area (Å²) in [7, 11) is 1.63. The quantitative estimate of drug-likeness (QED) is 0.423. The van der Waals surface area contributed by atoms with Crippen molar-refractivity contribution in [2.75, 3.05) is 12.4 Å². The summed E-state index contributed by atoms with van der Waals surface area (Å²) in [6.07, 6.45) is 1.18. The molecule has 0 aliphatic heterocycles. The Morgan fingerprint density at radius 2 is 1.84 bits per heavy atom. The maximum atomic E-state index is 13.1. The van der Waals surface area contributed by atoms with Crippen LogP contribution in [0.2, 0.25) is 0 Å². The molecule has 3 aromatic carbocycles. The fraction of sp³-hybridized carbons (Fsp3) is 0.160.